The molecular formula is C13H19O4P. The van der Waals surface area contributed by atoms with Gasteiger partial charge in [-0.05, 0) is 17.4 Å². The average molecular weight is 270 g/mol. The van der Waals surface area contributed by atoms with Crippen molar-refractivity contribution in [2.45, 2.75) is 32.1 Å². The van der Waals surface area contributed by atoms with E-state index in [4.69, 9.17) is 9.79 Å². The molecule has 0 unspecified atom stereocenters. The summed E-state index contributed by atoms with van der Waals surface area (Å²) in [5.41, 5.74) is 0.945. The third-order valence-corrected chi connectivity index (χ3v) is 3.73. The Morgan fingerprint density at radius 2 is 1.78 bits per heavy atom. The highest BCUT2D eigenvalue weighted by atomic mass is 31.2. The fraction of sp³-hybridized carbons (Fsp3) is 0.462. The van der Waals surface area contributed by atoms with E-state index < -0.39 is 13.8 Å². The zero-order valence-corrected chi connectivity index (χ0v) is 11.6. The molecule has 0 spiro atoms. The summed E-state index contributed by atoms with van der Waals surface area (Å²) in [6.45, 7) is 4.04. The normalized spacial score (nSPS) is 12.4. The third kappa shape index (κ3) is 5.13. The molecule has 0 radical (unpaired) electrons. The van der Waals surface area contributed by atoms with E-state index in [1.165, 1.54) is 0 Å². The summed E-state index contributed by atoms with van der Waals surface area (Å²) in [6, 6.07) is 9.79. The van der Waals surface area contributed by atoms with Gasteiger partial charge in [-0.25, -0.2) is 0 Å². The van der Waals surface area contributed by atoms with Crippen LogP contribution in [-0.2, 0) is 14.8 Å². The van der Waals surface area contributed by atoms with Gasteiger partial charge in [-0.2, -0.15) is 0 Å². The molecule has 4 nitrogen and oxygen atoms in total. The minimum Gasteiger partial charge on any atom is -0.324 e. The molecule has 0 aliphatic carbocycles. The van der Waals surface area contributed by atoms with E-state index >= 15 is 0 Å². The smallest absolute Gasteiger partial charge is 0.324 e. The predicted octanol–water partition coefficient (Wildman–Crippen LogP) is 2.49. The summed E-state index contributed by atoms with van der Waals surface area (Å²) in [5, 5.41) is 0. The SMILES string of the molecule is CC(C)(CCC(=O)CP(=O)(O)O)c1ccccc1. The zero-order chi connectivity index (χ0) is 13.8. The minimum absolute atomic E-state index is 0.175. The fourth-order valence-corrected chi connectivity index (χ4v) is 2.41. The minimum atomic E-state index is -4.23. The number of carbonyl (C=O) groups is 1. The maximum atomic E-state index is 11.4. The number of hydrogen-bond acceptors (Lipinski definition) is 2. The molecule has 5 heteroatoms. The molecule has 0 aliphatic rings. The van der Waals surface area contributed by atoms with Crippen LogP contribution in [0.2, 0.25) is 0 Å². The first kappa shape index (κ1) is 15.1. The lowest BCUT2D eigenvalue weighted by Crippen LogP contribution is -2.19. The van der Waals surface area contributed by atoms with Crippen LogP contribution < -0.4 is 0 Å². The summed E-state index contributed by atoms with van der Waals surface area (Å²) >= 11 is 0. The Labute approximate surface area is 107 Å². The van der Waals surface area contributed by atoms with Gasteiger partial charge in [-0.1, -0.05) is 44.2 Å². The third-order valence-electron chi connectivity index (χ3n) is 2.97. The van der Waals surface area contributed by atoms with Crippen LogP contribution in [0.15, 0.2) is 30.3 Å². The van der Waals surface area contributed by atoms with Gasteiger partial charge in [0.25, 0.3) is 0 Å². The maximum absolute atomic E-state index is 11.4. The van der Waals surface area contributed by atoms with Gasteiger partial charge in [0.2, 0.25) is 0 Å². The highest BCUT2D eigenvalue weighted by Gasteiger charge is 2.24. The van der Waals surface area contributed by atoms with E-state index in [1.807, 2.05) is 44.2 Å². The lowest BCUT2D eigenvalue weighted by molar-refractivity contribution is -0.117. The van der Waals surface area contributed by atoms with Gasteiger partial charge in [0.15, 0.2) is 0 Å². The molecule has 0 saturated carbocycles. The van der Waals surface area contributed by atoms with Crippen LogP contribution >= 0.6 is 7.60 Å². The first-order valence-electron chi connectivity index (χ1n) is 5.82. The largest absolute Gasteiger partial charge is 0.332 e. The molecule has 0 amide bonds. The van der Waals surface area contributed by atoms with Crippen LogP contribution in [0.3, 0.4) is 0 Å². The molecule has 0 aromatic heterocycles. The average Bonchev–Trinajstić information content (AvgIpc) is 2.26. The Bertz CT molecular complexity index is 447. The second kappa shape index (κ2) is 5.79. The summed E-state index contributed by atoms with van der Waals surface area (Å²) in [5.74, 6) is -0.382. The number of Topliss-reactive ketones (excluding diaryl/α,β-unsaturated/α-hetero) is 1. The summed E-state index contributed by atoms with van der Waals surface area (Å²) in [6.07, 6.45) is 0.112. The second-order valence-corrected chi connectivity index (χ2v) is 6.76. The lowest BCUT2D eigenvalue weighted by atomic mass is 9.80. The molecule has 0 heterocycles. The standard InChI is InChI=1S/C13H19O4P/c1-13(2,11-6-4-3-5-7-11)9-8-12(14)10-18(15,16)17/h3-7H,8-10H2,1-2H3,(H2,15,16,17). The van der Waals surface area contributed by atoms with Crippen LogP contribution in [0, 0.1) is 0 Å². The van der Waals surface area contributed by atoms with Crippen molar-refractivity contribution in [1.29, 1.82) is 0 Å². The van der Waals surface area contributed by atoms with Crippen molar-refractivity contribution in [2.24, 2.45) is 0 Å². The molecule has 1 aromatic carbocycles. The topological polar surface area (TPSA) is 74.6 Å². The van der Waals surface area contributed by atoms with E-state index in [9.17, 15) is 9.36 Å². The Kier molecular flexibility index (Phi) is 4.85. The maximum Gasteiger partial charge on any atom is 0.332 e. The summed E-state index contributed by atoms with van der Waals surface area (Å²) in [7, 11) is -4.23. The van der Waals surface area contributed by atoms with Crippen molar-refractivity contribution >= 4 is 13.4 Å². The van der Waals surface area contributed by atoms with Crippen molar-refractivity contribution < 1.29 is 19.1 Å². The molecule has 1 aromatic rings. The van der Waals surface area contributed by atoms with Gasteiger partial charge in [0, 0.05) is 6.42 Å². The Balaban J connectivity index is 2.58. The highest BCUT2D eigenvalue weighted by Crippen LogP contribution is 2.35. The number of benzene rings is 1. The van der Waals surface area contributed by atoms with Gasteiger partial charge < -0.3 is 9.79 Å². The first-order valence-corrected chi connectivity index (χ1v) is 7.62. The van der Waals surface area contributed by atoms with E-state index in [1.54, 1.807) is 0 Å². The van der Waals surface area contributed by atoms with E-state index in [0.29, 0.717) is 6.42 Å². The number of ketones is 1. The molecule has 0 aliphatic heterocycles. The molecule has 1 rings (SSSR count). The van der Waals surface area contributed by atoms with E-state index in [-0.39, 0.29) is 17.6 Å². The molecule has 0 saturated heterocycles. The molecule has 0 bridgehead atoms. The van der Waals surface area contributed by atoms with E-state index in [2.05, 4.69) is 0 Å². The number of rotatable bonds is 6. The lowest BCUT2D eigenvalue weighted by Gasteiger charge is -2.25. The van der Waals surface area contributed by atoms with Crippen LogP contribution in [0.25, 0.3) is 0 Å². The Hall–Kier alpha value is -0.960. The molecule has 0 atom stereocenters. The number of carbonyl (C=O) groups excluding carboxylic acids is 1. The second-order valence-electron chi connectivity index (χ2n) is 5.11. The van der Waals surface area contributed by atoms with Gasteiger partial charge in [0.05, 0.1) is 0 Å². The van der Waals surface area contributed by atoms with Crippen molar-refractivity contribution in [3.63, 3.8) is 0 Å². The van der Waals surface area contributed by atoms with Gasteiger partial charge in [0.1, 0.15) is 11.9 Å². The van der Waals surface area contributed by atoms with Crippen LogP contribution in [-0.4, -0.2) is 21.7 Å². The quantitative estimate of drug-likeness (QED) is 0.779. The summed E-state index contributed by atoms with van der Waals surface area (Å²) < 4.78 is 10.7. The molecule has 100 valence electrons. The molecular weight excluding hydrogens is 251 g/mol. The van der Waals surface area contributed by atoms with Gasteiger partial charge >= 0.3 is 7.60 Å². The Morgan fingerprint density at radius 1 is 1.22 bits per heavy atom. The molecule has 2 N–H and O–H groups in total. The van der Waals surface area contributed by atoms with Crippen LogP contribution in [0.4, 0.5) is 0 Å². The summed E-state index contributed by atoms with van der Waals surface area (Å²) in [4.78, 5) is 28.9. The Morgan fingerprint density at radius 3 is 2.28 bits per heavy atom. The molecule has 0 fully saturated rings. The van der Waals surface area contributed by atoms with Crippen LogP contribution in [0.1, 0.15) is 32.3 Å². The molecule has 18 heavy (non-hydrogen) atoms. The van der Waals surface area contributed by atoms with E-state index in [0.717, 1.165) is 5.56 Å². The van der Waals surface area contributed by atoms with Crippen molar-refractivity contribution in [2.75, 3.05) is 6.16 Å². The first-order chi connectivity index (χ1) is 8.21. The monoisotopic (exact) mass is 270 g/mol. The fourth-order valence-electron chi connectivity index (χ4n) is 1.79. The van der Waals surface area contributed by atoms with Gasteiger partial charge in [-0.3, -0.25) is 9.36 Å². The van der Waals surface area contributed by atoms with Gasteiger partial charge in [-0.15, -0.1) is 0 Å². The van der Waals surface area contributed by atoms with Crippen molar-refractivity contribution in [3.8, 4) is 0 Å². The predicted molar refractivity (Wildman–Crippen MR) is 70.6 cm³/mol. The highest BCUT2D eigenvalue weighted by molar-refractivity contribution is 7.52. The van der Waals surface area contributed by atoms with Crippen molar-refractivity contribution in [1.82, 2.24) is 0 Å². The zero-order valence-electron chi connectivity index (χ0n) is 10.7. The van der Waals surface area contributed by atoms with Crippen molar-refractivity contribution in [3.05, 3.63) is 35.9 Å². The number of hydrogen-bond donors (Lipinski definition) is 2. The van der Waals surface area contributed by atoms with Crippen LogP contribution in [0.5, 0.6) is 0 Å².